The lowest BCUT2D eigenvalue weighted by molar-refractivity contribution is -0.153. The van der Waals surface area contributed by atoms with Crippen LogP contribution in [0.15, 0.2) is 59.5 Å². The Hall–Kier alpha value is -2.23. The van der Waals surface area contributed by atoms with E-state index in [4.69, 9.17) is 23.2 Å². The van der Waals surface area contributed by atoms with Crippen LogP contribution < -0.4 is 10.2 Å². The number of allylic oxidation sites excluding steroid dienone is 1. The van der Waals surface area contributed by atoms with Crippen LogP contribution in [0.4, 0.5) is 5.69 Å². The van der Waals surface area contributed by atoms with E-state index in [1.807, 2.05) is 48.5 Å². The van der Waals surface area contributed by atoms with Gasteiger partial charge in [-0.3, -0.25) is 9.59 Å². The SMILES string of the molecule is O=C(NCC1=CC(CCc2ccc(Cl)cc2)CS1)[C@H](O)[C@@H](O)C(=O)N1CCN(c2ccccc2Cl)CC1. The number of thioether (sulfide) groups is 1. The zero-order chi connectivity index (χ0) is 26.4. The van der Waals surface area contributed by atoms with E-state index >= 15 is 0 Å². The third-order valence-electron chi connectivity index (χ3n) is 6.66. The maximum absolute atomic E-state index is 12.7. The monoisotopic (exact) mass is 563 g/mol. The van der Waals surface area contributed by atoms with Crippen molar-refractivity contribution < 1.29 is 19.8 Å². The highest BCUT2D eigenvalue weighted by Crippen LogP contribution is 2.31. The molecule has 37 heavy (non-hydrogen) atoms. The number of halogens is 2. The molecule has 2 aliphatic rings. The first-order chi connectivity index (χ1) is 17.8. The predicted octanol–water partition coefficient (Wildman–Crippen LogP) is 3.36. The molecule has 0 radical (unpaired) electrons. The highest BCUT2D eigenvalue weighted by atomic mass is 35.5. The molecule has 1 fully saturated rings. The Labute approximate surface area is 231 Å². The molecule has 0 bridgehead atoms. The molecular weight excluding hydrogens is 533 g/mol. The predicted molar refractivity (Wildman–Crippen MR) is 149 cm³/mol. The largest absolute Gasteiger partial charge is 0.380 e. The van der Waals surface area contributed by atoms with E-state index in [-0.39, 0.29) is 6.54 Å². The van der Waals surface area contributed by atoms with Gasteiger partial charge in [-0.25, -0.2) is 0 Å². The quantitative estimate of drug-likeness (QED) is 0.433. The average Bonchev–Trinajstić information content (AvgIpc) is 3.38. The molecule has 1 unspecified atom stereocenters. The molecule has 0 saturated carbocycles. The van der Waals surface area contributed by atoms with Crippen molar-refractivity contribution in [3.63, 3.8) is 0 Å². The van der Waals surface area contributed by atoms with Crippen molar-refractivity contribution in [2.45, 2.75) is 25.0 Å². The second-order valence-electron chi connectivity index (χ2n) is 9.24. The molecular formula is C27H31Cl2N3O4S. The molecule has 0 aromatic heterocycles. The number of benzene rings is 2. The van der Waals surface area contributed by atoms with Gasteiger partial charge in [0.25, 0.3) is 11.8 Å². The number of carbonyl (C=O) groups excluding carboxylic acids is 2. The zero-order valence-corrected chi connectivity index (χ0v) is 22.7. The number of hydrogen-bond donors (Lipinski definition) is 3. The molecule has 2 aliphatic heterocycles. The normalized spacial score (nSPS) is 19.4. The van der Waals surface area contributed by atoms with Gasteiger partial charge in [0.05, 0.1) is 10.7 Å². The summed E-state index contributed by atoms with van der Waals surface area (Å²) in [6.07, 6.45) is 0.433. The number of rotatable bonds is 9. The summed E-state index contributed by atoms with van der Waals surface area (Å²) in [5.41, 5.74) is 2.12. The molecule has 1 saturated heterocycles. The number of aliphatic hydroxyl groups is 2. The van der Waals surface area contributed by atoms with Crippen LogP contribution in [-0.2, 0) is 16.0 Å². The van der Waals surface area contributed by atoms with Crippen LogP contribution in [0.25, 0.3) is 0 Å². The van der Waals surface area contributed by atoms with Gasteiger partial charge in [0.1, 0.15) is 0 Å². The maximum Gasteiger partial charge on any atom is 0.254 e. The molecule has 0 spiro atoms. The smallest absolute Gasteiger partial charge is 0.254 e. The zero-order valence-electron chi connectivity index (χ0n) is 20.4. The standard InChI is InChI=1S/C27H31Cl2N3O4S/c28-20-9-7-18(8-10-20)5-6-19-15-21(37-17-19)16-30-26(35)24(33)25(34)27(36)32-13-11-31(12-14-32)23-4-2-1-3-22(23)29/h1-4,7-10,15,19,24-25,33-34H,5-6,11-14,16-17H2,(H,30,35)/t19?,24-,25-/m1/s1. The first-order valence-electron chi connectivity index (χ1n) is 12.3. The van der Waals surface area contributed by atoms with Gasteiger partial charge in [0, 0.05) is 48.4 Å². The third-order valence-corrected chi connectivity index (χ3v) is 8.48. The average molecular weight is 565 g/mol. The highest BCUT2D eigenvalue weighted by Gasteiger charge is 2.35. The molecule has 2 amide bonds. The number of nitrogens with zero attached hydrogens (tertiary/aromatic N) is 2. The van der Waals surface area contributed by atoms with Gasteiger partial charge in [0.2, 0.25) is 0 Å². The summed E-state index contributed by atoms with van der Waals surface area (Å²) in [6, 6.07) is 15.3. The van der Waals surface area contributed by atoms with Crippen LogP contribution >= 0.6 is 35.0 Å². The van der Waals surface area contributed by atoms with Crippen molar-refractivity contribution in [2.24, 2.45) is 5.92 Å². The summed E-state index contributed by atoms with van der Waals surface area (Å²) in [5, 5.41) is 24.8. The summed E-state index contributed by atoms with van der Waals surface area (Å²) < 4.78 is 0. The van der Waals surface area contributed by atoms with Gasteiger partial charge in [-0.05, 0) is 48.6 Å². The Morgan fingerprint density at radius 2 is 1.70 bits per heavy atom. The number of aryl methyl sites for hydroxylation is 1. The number of para-hydroxylation sites is 1. The summed E-state index contributed by atoms with van der Waals surface area (Å²) >= 11 is 13.9. The molecule has 3 atom stereocenters. The third kappa shape index (κ3) is 7.42. The minimum absolute atomic E-state index is 0.259. The molecule has 7 nitrogen and oxygen atoms in total. The fourth-order valence-corrected chi connectivity index (χ4v) is 6.01. The lowest BCUT2D eigenvalue weighted by Gasteiger charge is -2.37. The van der Waals surface area contributed by atoms with E-state index in [0.717, 1.165) is 34.2 Å². The maximum atomic E-state index is 12.7. The minimum Gasteiger partial charge on any atom is -0.380 e. The van der Waals surface area contributed by atoms with Crippen molar-refractivity contribution in [3.8, 4) is 0 Å². The van der Waals surface area contributed by atoms with Gasteiger partial charge in [-0.2, -0.15) is 0 Å². The Morgan fingerprint density at radius 3 is 2.41 bits per heavy atom. The second kappa shape index (κ2) is 13.0. The van der Waals surface area contributed by atoms with E-state index < -0.39 is 24.0 Å². The van der Waals surface area contributed by atoms with E-state index in [1.165, 1.54) is 10.5 Å². The topological polar surface area (TPSA) is 93.1 Å². The van der Waals surface area contributed by atoms with Crippen LogP contribution in [-0.4, -0.2) is 77.6 Å². The first kappa shape index (κ1) is 27.8. The number of aliphatic hydroxyl groups excluding tert-OH is 2. The van der Waals surface area contributed by atoms with Crippen molar-refractivity contribution in [3.05, 3.63) is 75.1 Å². The van der Waals surface area contributed by atoms with Gasteiger partial charge < -0.3 is 25.3 Å². The minimum atomic E-state index is -1.83. The Morgan fingerprint density at radius 1 is 1.00 bits per heavy atom. The summed E-state index contributed by atoms with van der Waals surface area (Å²) in [4.78, 5) is 29.7. The molecule has 10 heteroatoms. The number of piperazine rings is 1. The first-order valence-corrected chi connectivity index (χ1v) is 14.1. The Kier molecular flexibility index (Phi) is 9.78. The van der Waals surface area contributed by atoms with Crippen LogP contribution in [0.2, 0.25) is 10.0 Å². The van der Waals surface area contributed by atoms with Crippen molar-refractivity contribution in [1.82, 2.24) is 10.2 Å². The van der Waals surface area contributed by atoms with Gasteiger partial charge in [-0.15, -0.1) is 11.8 Å². The van der Waals surface area contributed by atoms with Crippen molar-refractivity contribution in [2.75, 3.05) is 43.4 Å². The number of nitrogens with one attached hydrogen (secondary N) is 1. The van der Waals surface area contributed by atoms with Gasteiger partial charge >= 0.3 is 0 Å². The number of anilines is 1. The van der Waals surface area contributed by atoms with E-state index in [2.05, 4.69) is 16.3 Å². The Bertz CT molecular complexity index is 1120. The fourth-order valence-electron chi connectivity index (χ4n) is 4.47. The van der Waals surface area contributed by atoms with Gasteiger partial charge in [0.15, 0.2) is 12.2 Å². The Balaban J connectivity index is 1.20. The number of hydrogen-bond acceptors (Lipinski definition) is 6. The molecule has 2 heterocycles. The van der Waals surface area contributed by atoms with Crippen LogP contribution in [0, 0.1) is 5.92 Å². The van der Waals surface area contributed by atoms with Crippen LogP contribution in [0.1, 0.15) is 12.0 Å². The molecule has 3 N–H and O–H groups in total. The summed E-state index contributed by atoms with van der Waals surface area (Å²) in [6.45, 7) is 2.05. The second-order valence-corrected chi connectivity index (χ2v) is 11.2. The fraction of sp³-hybridized carbons (Fsp3) is 0.407. The van der Waals surface area contributed by atoms with E-state index in [0.29, 0.717) is 37.1 Å². The van der Waals surface area contributed by atoms with Crippen molar-refractivity contribution >= 4 is 52.5 Å². The molecule has 0 aliphatic carbocycles. The van der Waals surface area contributed by atoms with E-state index in [1.54, 1.807) is 11.8 Å². The highest BCUT2D eigenvalue weighted by molar-refractivity contribution is 8.03. The van der Waals surface area contributed by atoms with Crippen molar-refractivity contribution in [1.29, 1.82) is 0 Å². The summed E-state index contributed by atoms with van der Waals surface area (Å²) in [7, 11) is 0. The lowest BCUT2D eigenvalue weighted by atomic mass is 10.0. The van der Waals surface area contributed by atoms with Crippen LogP contribution in [0.5, 0.6) is 0 Å². The summed E-state index contributed by atoms with van der Waals surface area (Å²) in [5.74, 6) is -0.0863. The van der Waals surface area contributed by atoms with Gasteiger partial charge in [-0.1, -0.05) is 53.5 Å². The molecule has 2 aromatic rings. The number of amides is 2. The van der Waals surface area contributed by atoms with E-state index in [9.17, 15) is 19.8 Å². The lowest BCUT2D eigenvalue weighted by Crippen LogP contribution is -2.55. The molecule has 2 aromatic carbocycles. The van der Waals surface area contributed by atoms with Crippen LogP contribution in [0.3, 0.4) is 0 Å². The molecule has 198 valence electrons. The number of carbonyl (C=O) groups is 2. The molecule has 4 rings (SSSR count).